The van der Waals surface area contributed by atoms with Crippen molar-refractivity contribution in [1.82, 2.24) is 5.32 Å². The van der Waals surface area contributed by atoms with Crippen LogP contribution in [0.25, 0.3) is 0 Å². The molecule has 84 valence electrons. The minimum absolute atomic E-state index is 0.455. The van der Waals surface area contributed by atoms with Crippen molar-refractivity contribution in [3.8, 4) is 0 Å². The molecular formula is C12H25NO. The molecule has 2 atom stereocenters. The van der Waals surface area contributed by atoms with E-state index in [1.165, 1.54) is 38.5 Å². The third kappa shape index (κ3) is 4.97. The van der Waals surface area contributed by atoms with Crippen molar-refractivity contribution < 1.29 is 4.74 Å². The highest BCUT2D eigenvalue weighted by molar-refractivity contribution is 4.72. The molecule has 0 spiro atoms. The predicted octanol–water partition coefficient (Wildman–Crippen LogP) is 2.72. The maximum Gasteiger partial charge on any atom is 0.0715 e. The molecule has 1 N–H and O–H groups in total. The lowest BCUT2D eigenvalue weighted by Crippen LogP contribution is -2.22. The second-order valence-corrected chi connectivity index (χ2v) is 4.41. The molecule has 2 nitrogen and oxygen atoms in total. The van der Waals surface area contributed by atoms with Gasteiger partial charge in [0.15, 0.2) is 0 Å². The van der Waals surface area contributed by atoms with Gasteiger partial charge in [-0.05, 0) is 26.3 Å². The molecule has 0 aromatic carbocycles. The second kappa shape index (κ2) is 7.24. The van der Waals surface area contributed by atoms with Crippen molar-refractivity contribution in [3.05, 3.63) is 0 Å². The van der Waals surface area contributed by atoms with Crippen LogP contribution in [-0.2, 0) is 4.74 Å². The summed E-state index contributed by atoms with van der Waals surface area (Å²) in [5.41, 5.74) is 0. The van der Waals surface area contributed by atoms with Gasteiger partial charge in [-0.1, -0.05) is 32.6 Å². The van der Waals surface area contributed by atoms with Crippen LogP contribution in [-0.4, -0.2) is 25.3 Å². The van der Waals surface area contributed by atoms with Crippen molar-refractivity contribution in [2.24, 2.45) is 0 Å². The number of unbranched alkanes of at least 4 members (excludes halogenated alkanes) is 3. The zero-order chi connectivity index (χ0) is 10.2. The van der Waals surface area contributed by atoms with Gasteiger partial charge >= 0.3 is 0 Å². The van der Waals surface area contributed by atoms with Crippen LogP contribution in [0.2, 0.25) is 0 Å². The Kier molecular flexibility index (Phi) is 6.20. The summed E-state index contributed by atoms with van der Waals surface area (Å²) in [5.74, 6) is 0. The Bertz CT molecular complexity index is 132. The summed E-state index contributed by atoms with van der Waals surface area (Å²) in [6, 6.07) is 0. The molecule has 1 aliphatic rings. The van der Waals surface area contributed by atoms with E-state index < -0.39 is 0 Å². The first-order valence-corrected chi connectivity index (χ1v) is 6.19. The van der Waals surface area contributed by atoms with Gasteiger partial charge in [0.1, 0.15) is 0 Å². The normalized spacial score (nSPS) is 24.0. The van der Waals surface area contributed by atoms with Crippen LogP contribution in [0.1, 0.15) is 52.4 Å². The molecule has 0 aliphatic carbocycles. The van der Waals surface area contributed by atoms with Gasteiger partial charge in [-0.3, -0.25) is 0 Å². The molecule has 0 aromatic heterocycles. The Balaban J connectivity index is 1.95. The third-order valence-electron chi connectivity index (χ3n) is 2.90. The van der Waals surface area contributed by atoms with E-state index in [4.69, 9.17) is 4.74 Å². The van der Waals surface area contributed by atoms with E-state index in [1.807, 2.05) is 0 Å². The lowest BCUT2D eigenvalue weighted by molar-refractivity contribution is 0.00403. The van der Waals surface area contributed by atoms with Crippen molar-refractivity contribution >= 4 is 0 Å². The molecule has 1 aliphatic heterocycles. The van der Waals surface area contributed by atoms with E-state index >= 15 is 0 Å². The van der Waals surface area contributed by atoms with Crippen LogP contribution in [0.5, 0.6) is 0 Å². The van der Waals surface area contributed by atoms with Crippen LogP contribution < -0.4 is 5.32 Å². The monoisotopic (exact) mass is 199 g/mol. The molecule has 0 amide bonds. The summed E-state index contributed by atoms with van der Waals surface area (Å²) < 4.78 is 5.93. The lowest BCUT2D eigenvalue weighted by atomic mass is 10.1. The van der Waals surface area contributed by atoms with Gasteiger partial charge in [0.25, 0.3) is 0 Å². The Morgan fingerprint density at radius 3 is 2.86 bits per heavy atom. The maximum atomic E-state index is 5.93. The largest absolute Gasteiger partial charge is 0.374 e. The van der Waals surface area contributed by atoms with Crippen LogP contribution >= 0.6 is 0 Å². The molecule has 1 fully saturated rings. The van der Waals surface area contributed by atoms with Crippen LogP contribution in [0.4, 0.5) is 0 Å². The highest BCUT2D eigenvalue weighted by Crippen LogP contribution is 2.12. The predicted molar refractivity (Wildman–Crippen MR) is 60.6 cm³/mol. The second-order valence-electron chi connectivity index (χ2n) is 4.41. The van der Waals surface area contributed by atoms with E-state index in [0.29, 0.717) is 12.2 Å². The summed E-state index contributed by atoms with van der Waals surface area (Å²) in [6.07, 6.45) is 8.75. The first-order valence-electron chi connectivity index (χ1n) is 6.19. The van der Waals surface area contributed by atoms with Gasteiger partial charge in [0.05, 0.1) is 12.2 Å². The summed E-state index contributed by atoms with van der Waals surface area (Å²) in [5, 5.41) is 3.33. The van der Waals surface area contributed by atoms with Gasteiger partial charge < -0.3 is 10.1 Å². The zero-order valence-corrected chi connectivity index (χ0v) is 9.72. The molecule has 14 heavy (non-hydrogen) atoms. The average Bonchev–Trinajstić information content (AvgIpc) is 2.65. The smallest absolute Gasteiger partial charge is 0.0715 e. The molecule has 0 radical (unpaired) electrons. The fourth-order valence-corrected chi connectivity index (χ4v) is 2.00. The minimum Gasteiger partial charge on any atom is -0.374 e. The van der Waals surface area contributed by atoms with Gasteiger partial charge in [0.2, 0.25) is 0 Å². The van der Waals surface area contributed by atoms with Crippen molar-refractivity contribution in [3.63, 3.8) is 0 Å². The summed E-state index contributed by atoms with van der Waals surface area (Å²) in [4.78, 5) is 0. The number of hydrogen-bond acceptors (Lipinski definition) is 2. The van der Waals surface area contributed by atoms with E-state index in [2.05, 4.69) is 19.2 Å². The van der Waals surface area contributed by atoms with Crippen LogP contribution in [0.3, 0.4) is 0 Å². The molecule has 0 saturated carbocycles. The molecule has 0 bridgehead atoms. The topological polar surface area (TPSA) is 21.3 Å². The molecule has 1 saturated heterocycles. The first kappa shape index (κ1) is 12.0. The molecule has 1 heterocycles. The number of rotatable bonds is 7. The van der Waals surface area contributed by atoms with Crippen molar-refractivity contribution in [2.75, 3.05) is 13.1 Å². The summed E-state index contributed by atoms with van der Waals surface area (Å²) >= 11 is 0. The van der Waals surface area contributed by atoms with E-state index in [0.717, 1.165) is 13.1 Å². The Labute approximate surface area is 88.4 Å². The van der Waals surface area contributed by atoms with Crippen molar-refractivity contribution in [2.45, 2.75) is 64.6 Å². The Morgan fingerprint density at radius 2 is 2.21 bits per heavy atom. The fraction of sp³-hybridized carbons (Fsp3) is 1.00. The van der Waals surface area contributed by atoms with E-state index in [-0.39, 0.29) is 0 Å². The zero-order valence-electron chi connectivity index (χ0n) is 9.72. The molecule has 2 heteroatoms. The SMILES string of the molecule is CCCCCCC(C)O[C@H]1CCNC1. The highest BCUT2D eigenvalue weighted by Gasteiger charge is 2.17. The summed E-state index contributed by atoms with van der Waals surface area (Å²) in [7, 11) is 0. The third-order valence-corrected chi connectivity index (χ3v) is 2.90. The van der Waals surface area contributed by atoms with Gasteiger partial charge in [-0.25, -0.2) is 0 Å². The Morgan fingerprint density at radius 1 is 1.36 bits per heavy atom. The summed E-state index contributed by atoms with van der Waals surface area (Å²) in [6.45, 7) is 6.65. The van der Waals surface area contributed by atoms with Gasteiger partial charge in [-0.15, -0.1) is 0 Å². The van der Waals surface area contributed by atoms with Gasteiger partial charge in [-0.2, -0.15) is 0 Å². The molecule has 1 unspecified atom stereocenters. The standard InChI is InChI=1S/C12H25NO/c1-3-4-5-6-7-11(2)14-12-8-9-13-10-12/h11-13H,3-10H2,1-2H3/t11?,12-/m0/s1. The lowest BCUT2D eigenvalue weighted by Gasteiger charge is -2.17. The van der Waals surface area contributed by atoms with E-state index in [9.17, 15) is 0 Å². The minimum atomic E-state index is 0.455. The fourth-order valence-electron chi connectivity index (χ4n) is 2.00. The van der Waals surface area contributed by atoms with Crippen LogP contribution in [0.15, 0.2) is 0 Å². The number of ether oxygens (including phenoxy) is 1. The molecule has 1 rings (SSSR count). The Hall–Kier alpha value is -0.0800. The maximum absolute atomic E-state index is 5.93. The van der Waals surface area contributed by atoms with Gasteiger partial charge in [0, 0.05) is 6.54 Å². The average molecular weight is 199 g/mol. The first-order chi connectivity index (χ1) is 6.83. The van der Waals surface area contributed by atoms with Crippen LogP contribution in [0, 0.1) is 0 Å². The molecule has 0 aromatic rings. The molecular weight excluding hydrogens is 174 g/mol. The number of nitrogens with one attached hydrogen (secondary N) is 1. The van der Waals surface area contributed by atoms with E-state index in [1.54, 1.807) is 0 Å². The highest BCUT2D eigenvalue weighted by atomic mass is 16.5. The van der Waals surface area contributed by atoms with Crippen molar-refractivity contribution in [1.29, 1.82) is 0 Å². The number of hydrogen-bond donors (Lipinski definition) is 1. The quantitative estimate of drug-likeness (QED) is 0.637.